The quantitative estimate of drug-likeness (QED) is 0.722. The standard InChI is InChI=1S/C19H28N4O2/c1-5-10-19(4,13-24)21-18(25)20-12-16-8-6-7-9-17(16)23-15(3)11-14(2)22-23/h6-9,11,24H,5,10,12-13H2,1-4H3,(H2,20,21,25). The Hall–Kier alpha value is -2.34. The third-order valence-corrected chi connectivity index (χ3v) is 4.23. The fourth-order valence-corrected chi connectivity index (χ4v) is 2.97. The Morgan fingerprint density at radius 2 is 2.04 bits per heavy atom. The average Bonchev–Trinajstić information content (AvgIpc) is 2.91. The molecule has 3 N–H and O–H groups in total. The summed E-state index contributed by atoms with van der Waals surface area (Å²) >= 11 is 0. The van der Waals surface area contributed by atoms with Crippen molar-refractivity contribution in [2.24, 2.45) is 0 Å². The fraction of sp³-hybridized carbons (Fsp3) is 0.474. The highest BCUT2D eigenvalue weighted by atomic mass is 16.3. The first-order chi connectivity index (χ1) is 11.9. The van der Waals surface area contributed by atoms with Crippen LogP contribution in [-0.2, 0) is 6.54 Å². The van der Waals surface area contributed by atoms with Gasteiger partial charge in [0.25, 0.3) is 0 Å². The zero-order valence-electron chi connectivity index (χ0n) is 15.5. The molecule has 1 heterocycles. The largest absolute Gasteiger partial charge is 0.394 e. The normalized spacial score (nSPS) is 13.3. The van der Waals surface area contributed by atoms with Gasteiger partial charge in [-0.1, -0.05) is 31.5 Å². The molecular weight excluding hydrogens is 316 g/mol. The first kappa shape index (κ1) is 19.0. The molecule has 6 nitrogen and oxygen atoms in total. The van der Waals surface area contributed by atoms with Crippen molar-refractivity contribution in [3.63, 3.8) is 0 Å². The number of para-hydroxylation sites is 1. The molecule has 6 heteroatoms. The molecule has 25 heavy (non-hydrogen) atoms. The van der Waals surface area contributed by atoms with Crippen LogP contribution < -0.4 is 10.6 Å². The number of aromatic nitrogens is 2. The molecule has 2 amide bonds. The van der Waals surface area contributed by atoms with Crippen molar-refractivity contribution in [2.45, 2.75) is 52.6 Å². The first-order valence-corrected chi connectivity index (χ1v) is 8.67. The number of rotatable bonds is 7. The van der Waals surface area contributed by atoms with Crippen LogP contribution in [0.3, 0.4) is 0 Å². The van der Waals surface area contributed by atoms with Gasteiger partial charge in [0.1, 0.15) is 0 Å². The molecule has 0 saturated carbocycles. The van der Waals surface area contributed by atoms with E-state index in [-0.39, 0.29) is 12.6 Å². The number of hydrogen-bond acceptors (Lipinski definition) is 3. The maximum Gasteiger partial charge on any atom is 0.315 e. The lowest BCUT2D eigenvalue weighted by atomic mass is 9.98. The number of nitrogens with zero attached hydrogens (tertiary/aromatic N) is 2. The highest BCUT2D eigenvalue weighted by Gasteiger charge is 2.24. The van der Waals surface area contributed by atoms with Crippen molar-refractivity contribution in [2.75, 3.05) is 6.61 Å². The van der Waals surface area contributed by atoms with E-state index in [1.807, 2.05) is 62.7 Å². The van der Waals surface area contributed by atoms with Gasteiger partial charge in [0.05, 0.1) is 23.5 Å². The van der Waals surface area contributed by atoms with Crippen LogP contribution in [0.15, 0.2) is 30.3 Å². The molecule has 0 spiro atoms. The Morgan fingerprint density at radius 3 is 2.64 bits per heavy atom. The summed E-state index contributed by atoms with van der Waals surface area (Å²) in [5, 5.41) is 19.8. The number of hydrogen-bond donors (Lipinski definition) is 3. The number of nitrogens with one attached hydrogen (secondary N) is 2. The summed E-state index contributed by atoms with van der Waals surface area (Å²) in [5.41, 5.74) is 3.33. The molecule has 0 aliphatic rings. The molecular formula is C19H28N4O2. The number of carbonyl (C=O) groups excluding carboxylic acids is 1. The van der Waals surface area contributed by atoms with Gasteiger partial charge in [-0.05, 0) is 44.9 Å². The molecule has 2 rings (SSSR count). The van der Waals surface area contributed by atoms with Crippen molar-refractivity contribution in [3.8, 4) is 5.69 Å². The predicted octanol–water partition coefficient (Wildman–Crippen LogP) is 2.84. The highest BCUT2D eigenvalue weighted by molar-refractivity contribution is 5.74. The molecule has 0 fully saturated rings. The van der Waals surface area contributed by atoms with Crippen LogP contribution in [0, 0.1) is 13.8 Å². The lowest BCUT2D eigenvalue weighted by molar-refractivity contribution is 0.163. The number of aryl methyl sites for hydroxylation is 2. The summed E-state index contributed by atoms with van der Waals surface area (Å²) in [5.74, 6) is 0. The van der Waals surface area contributed by atoms with E-state index in [4.69, 9.17) is 0 Å². The lowest BCUT2D eigenvalue weighted by Gasteiger charge is -2.28. The fourth-order valence-electron chi connectivity index (χ4n) is 2.97. The smallest absolute Gasteiger partial charge is 0.315 e. The van der Waals surface area contributed by atoms with Gasteiger partial charge >= 0.3 is 6.03 Å². The Kier molecular flexibility index (Phi) is 6.20. The summed E-state index contributed by atoms with van der Waals surface area (Å²) in [6, 6.07) is 9.60. The summed E-state index contributed by atoms with van der Waals surface area (Å²) < 4.78 is 1.89. The van der Waals surface area contributed by atoms with Crippen molar-refractivity contribution in [3.05, 3.63) is 47.3 Å². The van der Waals surface area contributed by atoms with Crippen LogP contribution >= 0.6 is 0 Å². The molecule has 2 aromatic rings. The van der Waals surface area contributed by atoms with Gasteiger partial charge in [-0.25, -0.2) is 9.48 Å². The molecule has 1 aromatic heterocycles. The molecule has 0 bridgehead atoms. The monoisotopic (exact) mass is 344 g/mol. The van der Waals surface area contributed by atoms with Gasteiger partial charge in [0.2, 0.25) is 0 Å². The minimum Gasteiger partial charge on any atom is -0.394 e. The van der Waals surface area contributed by atoms with Gasteiger partial charge in [-0.15, -0.1) is 0 Å². The Bertz CT molecular complexity index is 726. The second kappa shape index (κ2) is 8.16. The number of benzene rings is 1. The van der Waals surface area contributed by atoms with E-state index >= 15 is 0 Å². The lowest BCUT2D eigenvalue weighted by Crippen LogP contribution is -2.52. The third kappa shape index (κ3) is 4.82. The second-order valence-corrected chi connectivity index (χ2v) is 6.74. The van der Waals surface area contributed by atoms with Crippen molar-refractivity contribution in [1.29, 1.82) is 0 Å². The van der Waals surface area contributed by atoms with Gasteiger partial charge in [0.15, 0.2) is 0 Å². The van der Waals surface area contributed by atoms with E-state index < -0.39 is 5.54 Å². The maximum absolute atomic E-state index is 12.2. The molecule has 0 radical (unpaired) electrons. The van der Waals surface area contributed by atoms with Gasteiger partial charge in [0, 0.05) is 12.2 Å². The van der Waals surface area contributed by atoms with Crippen LogP contribution in [0.5, 0.6) is 0 Å². The number of urea groups is 1. The number of aliphatic hydroxyl groups is 1. The van der Waals surface area contributed by atoms with E-state index in [2.05, 4.69) is 15.7 Å². The van der Waals surface area contributed by atoms with Gasteiger partial charge < -0.3 is 15.7 Å². The number of carbonyl (C=O) groups is 1. The van der Waals surface area contributed by atoms with Crippen molar-refractivity contribution < 1.29 is 9.90 Å². The van der Waals surface area contributed by atoms with Crippen LogP contribution in [0.4, 0.5) is 4.79 Å². The summed E-state index contributed by atoms with van der Waals surface area (Å²) in [4.78, 5) is 12.2. The molecule has 0 saturated heterocycles. The topological polar surface area (TPSA) is 79.2 Å². The SMILES string of the molecule is CCCC(C)(CO)NC(=O)NCc1ccccc1-n1nc(C)cc1C. The first-order valence-electron chi connectivity index (χ1n) is 8.67. The summed E-state index contributed by atoms with van der Waals surface area (Å²) in [6.45, 7) is 8.14. The molecule has 136 valence electrons. The third-order valence-electron chi connectivity index (χ3n) is 4.23. The van der Waals surface area contributed by atoms with Crippen molar-refractivity contribution in [1.82, 2.24) is 20.4 Å². The van der Waals surface area contributed by atoms with E-state index in [0.717, 1.165) is 35.5 Å². The van der Waals surface area contributed by atoms with E-state index in [9.17, 15) is 9.90 Å². The Morgan fingerprint density at radius 1 is 1.32 bits per heavy atom. The molecule has 0 aliphatic carbocycles. The van der Waals surface area contributed by atoms with Crippen molar-refractivity contribution >= 4 is 6.03 Å². The van der Waals surface area contributed by atoms with Gasteiger partial charge in [-0.2, -0.15) is 5.10 Å². The van der Waals surface area contributed by atoms with E-state index in [0.29, 0.717) is 6.54 Å². The van der Waals surface area contributed by atoms with Crippen LogP contribution in [-0.4, -0.2) is 33.1 Å². The van der Waals surface area contributed by atoms with Crippen LogP contribution in [0.25, 0.3) is 5.69 Å². The maximum atomic E-state index is 12.2. The number of aliphatic hydroxyl groups excluding tert-OH is 1. The number of amides is 2. The van der Waals surface area contributed by atoms with E-state index in [1.165, 1.54) is 0 Å². The molecule has 0 aliphatic heterocycles. The zero-order chi connectivity index (χ0) is 18.4. The van der Waals surface area contributed by atoms with E-state index in [1.54, 1.807) is 0 Å². The van der Waals surface area contributed by atoms with Crippen LogP contribution in [0.2, 0.25) is 0 Å². The zero-order valence-corrected chi connectivity index (χ0v) is 15.5. The average molecular weight is 344 g/mol. The minimum absolute atomic E-state index is 0.0867. The Labute approximate surface area is 149 Å². The predicted molar refractivity (Wildman–Crippen MR) is 98.8 cm³/mol. The summed E-state index contributed by atoms with van der Waals surface area (Å²) in [7, 11) is 0. The summed E-state index contributed by atoms with van der Waals surface area (Å²) in [6.07, 6.45) is 1.61. The molecule has 1 atom stereocenters. The Balaban J connectivity index is 2.09. The molecule has 1 aromatic carbocycles. The van der Waals surface area contributed by atoms with Crippen LogP contribution in [0.1, 0.15) is 43.6 Å². The minimum atomic E-state index is -0.603. The highest BCUT2D eigenvalue weighted by Crippen LogP contribution is 2.17. The van der Waals surface area contributed by atoms with Gasteiger partial charge in [-0.3, -0.25) is 0 Å². The molecule has 1 unspecified atom stereocenters. The second-order valence-electron chi connectivity index (χ2n) is 6.74.